The summed E-state index contributed by atoms with van der Waals surface area (Å²) in [5.74, 6) is 0.0738. The van der Waals surface area contributed by atoms with Crippen molar-refractivity contribution in [2.24, 2.45) is 0 Å². The SMILES string of the molecule is CC(=O)N1CCN(I)C[C@@H]1CC#N. The normalized spacial score (nSPS) is 24.1. The van der Waals surface area contributed by atoms with Gasteiger partial charge in [-0.3, -0.25) is 4.79 Å². The molecule has 1 fully saturated rings. The summed E-state index contributed by atoms with van der Waals surface area (Å²) in [6.45, 7) is 3.99. The Morgan fingerprint density at radius 3 is 2.92 bits per heavy atom. The first-order valence-corrected chi connectivity index (χ1v) is 5.16. The summed E-state index contributed by atoms with van der Waals surface area (Å²) in [5.41, 5.74) is 0. The summed E-state index contributed by atoms with van der Waals surface area (Å²) in [5, 5.41) is 8.60. The van der Waals surface area contributed by atoms with E-state index in [-0.39, 0.29) is 11.9 Å². The standard InChI is InChI=1S/C8H12IN3O/c1-7(13)12-5-4-11(9)6-8(12)2-3-10/h8H,2,4-6H2,1H3/t8-/m0/s1. The largest absolute Gasteiger partial charge is 0.336 e. The molecule has 72 valence electrons. The van der Waals surface area contributed by atoms with E-state index in [0.29, 0.717) is 6.42 Å². The van der Waals surface area contributed by atoms with E-state index >= 15 is 0 Å². The Labute approximate surface area is 92.0 Å². The first-order valence-electron chi connectivity index (χ1n) is 4.20. The Morgan fingerprint density at radius 1 is 1.69 bits per heavy atom. The van der Waals surface area contributed by atoms with Crippen LogP contribution in [0.25, 0.3) is 0 Å². The highest BCUT2D eigenvalue weighted by molar-refractivity contribution is 14.1. The maximum Gasteiger partial charge on any atom is 0.219 e. The molecule has 1 saturated heterocycles. The van der Waals surface area contributed by atoms with Crippen LogP contribution < -0.4 is 0 Å². The predicted octanol–water partition coefficient (Wildman–Crippen LogP) is 0.783. The number of nitrogens with zero attached hydrogens (tertiary/aromatic N) is 3. The zero-order valence-electron chi connectivity index (χ0n) is 7.53. The Balaban J connectivity index is 2.61. The van der Waals surface area contributed by atoms with Crippen LogP contribution in [-0.2, 0) is 4.79 Å². The minimum atomic E-state index is 0.0738. The molecule has 0 bridgehead atoms. The van der Waals surface area contributed by atoms with Crippen LogP contribution in [0.4, 0.5) is 0 Å². The quantitative estimate of drug-likeness (QED) is 0.530. The van der Waals surface area contributed by atoms with Crippen molar-refractivity contribution in [3.05, 3.63) is 0 Å². The second-order valence-corrected chi connectivity index (χ2v) is 4.46. The lowest BCUT2D eigenvalue weighted by Gasteiger charge is -2.37. The van der Waals surface area contributed by atoms with Crippen molar-refractivity contribution in [1.82, 2.24) is 8.01 Å². The molecule has 1 aliphatic rings. The smallest absolute Gasteiger partial charge is 0.219 e. The van der Waals surface area contributed by atoms with E-state index in [1.807, 2.05) is 0 Å². The van der Waals surface area contributed by atoms with E-state index in [1.165, 1.54) is 0 Å². The first kappa shape index (κ1) is 10.7. The van der Waals surface area contributed by atoms with Gasteiger partial charge in [0.2, 0.25) is 5.91 Å². The van der Waals surface area contributed by atoms with Gasteiger partial charge in [-0.15, -0.1) is 0 Å². The van der Waals surface area contributed by atoms with Crippen molar-refractivity contribution in [1.29, 1.82) is 5.26 Å². The van der Waals surface area contributed by atoms with Crippen molar-refractivity contribution < 1.29 is 4.79 Å². The highest BCUT2D eigenvalue weighted by Gasteiger charge is 2.27. The number of carbonyl (C=O) groups is 1. The molecule has 0 aromatic carbocycles. The van der Waals surface area contributed by atoms with Crippen LogP contribution in [-0.4, -0.2) is 39.6 Å². The minimum absolute atomic E-state index is 0.0738. The Morgan fingerprint density at radius 2 is 2.38 bits per heavy atom. The molecule has 0 aromatic heterocycles. The minimum Gasteiger partial charge on any atom is -0.336 e. The monoisotopic (exact) mass is 293 g/mol. The number of hydrogen-bond acceptors (Lipinski definition) is 3. The molecule has 0 radical (unpaired) electrons. The van der Waals surface area contributed by atoms with Gasteiger partial charge in [-0.2, -0.15) is 5.26 Å². The van der Waals surface area contributed by atoms with Crippen LogP contribution in [0.1, 0.15) is 13.3 Å². The topological polar surface area (TPSA) is 47.3 Å². The molecule has 0 aliphatic carbocycles. The van der Waals surface area contributed by atoms with Gasteiger partial charge in [0.05, 0.1) is 18.5 Å². The van der Waals surface area contributed by atoms with E-state index < -0.39 is 0 Å². The molecule has 0 unspecified atom stereocenters. The number of halogens is 1. The zero-order valence-corrected chi connectivity index (χ0v) is 9.69. The number of carbonyl (C=O) groups excluding carboxylic acids is 1. The van der Waals surface area contributed by atoms with Gasteiger partial charge in [-0.25, -0.2) is 3.11 Å². The molecule has 0 N–H and O–H groups in total. The highest BCUT2D eigenvalue weighted by atomic mass is 127. The second kappa shape index (κ2) is 4.77. The van der Waals surface area contributed by atoms with Crippen LogP contribution in [0.15, 0.2) is 0 Å². The molecule has 5 heteroatoms. The molecule has 1 amide bonds. The van der Waals surface area contributed by atoms with Crippen molar-refractivity contribution in [3.8, 4) is 6.07 Å². The molecule has 0 spiro atoms. The van der Waals surface area contributed by atoms with Crippen molar-refractivity contribution in [2.45, 2.75) is 19.4 Å². The van der Waals surface area contributed by atoms with Gasteiger partial charge in [0, 0.05) is 49.4 Å². The molecule has 1 heterocycles. The third-order valence-corrected chi connectivity index (χ3v) is 3.04. The maximum absolute atomic E-state index is 11.2. The van der Waals surface area contributed by atoms with E-state index in [0.717, 1.165) is 19.6 Å². The number of nitriles is 1. The molecule has 13 heavy (non-hydrogen) atoms. The molecule has 4 nitrogen and oxygen atoms in total. The lowest BCUT2D eigenvalue weighted by Crippen LogP contribution is -2.51. The summed E-state index contributed by atoms with van der Waals surface area (Å²) < 4.78 is 2.12. The average molecular weight is 293 g/mol. The van der Waals surface area contributed by atoms with Gasteiger partial charge in [0.15, 0.2) is 0 Å². The van der Waals surface area contributed by atoms with Gasteiger partial charge in [0.1, 0.15) is 0 Å². The predicted molar refractivity (Wildman–Crippen MR) is 57.0 cm³/mol. The van der Waals surface area contributed by atoms with Crippen LogP contribution >= 0.6 is 22.9 Å². The second-order valence-electron chi connectivity index (χ2n) is 3.10. The summed E-state index contributed by atoms with van der Waals surface area (Å²) in [7, 11) is 0. The third kappa shape index (κ3) is 2.81. The molecule has 0 saturated carbocycles. The highest BCUT2D eigenvalue weighted by Crippen LogP contribution is 2.15. The van der Waals surface area contributed by atoms with Gasteiger partial charge < -0.3 is 4.90 Å². The van der Waals surface area contributed by atoms with Crippen molar-refractivity contribution >= 4 is 28.8 Å². The number of rotatable bonds is 1. The van der Waals surface area contributed by atoms with Gasteiger partial charge in [-0.05, 0) is 0 Å². The van der Waals surface area contributed by atoms with Gasteiger partial charge in [0.25, 0.3) is 0 Å². The number of hydrogen-bond donors (Lipinski definition) is 0. The Hall–Kier alpha value is -0.350. The van der Waals surface area contributed by atoms with Crippen LogP contribution in [0.2, 0.25) is 0 Å². The van der Waals surface area contributed by atoms with Crippen molar-refractivity contribution in [3.63, 3.8) is 0 Å². The summed E-state index contributed by atoms with van der Waals surface area (Å²) in [6, 6.07) is 2.20. The molecule has 1 aliphatic heterocycles. The van der Waals surface area contributed by atoms with E-state index in [9.17, 15) is 4.79 Å². The lowest BCUT2D eigenvalue weighted by molar-refractivity contribution is -0.132. The molecule has 1 rings (SSSR count). The fourth-order valence-electron chi connectivity index (χ4n) is 1.51. The summed E-state index contributed by atoms with van der Waals surface area (Å²) in [4.78, 5) is 13.0. The molecule has 0 aromatic rings. The molecular weight excluding hydrogens is 281 g/mol. The fraction of sp³-hybridized carbons (Fsp3) is 0.750. The number of piperazine rings is 1. The van der Waals surface area contributed by atoms with Gasteiger partial charge >= 0.3 is 0 Å². The maximum atomic E-state index is 11.2. The van der Waals surface area contributed by atoms with E-state index in [4.69, 9.17) is 5.26 Å². The van der Waals surface area contributed by atoms with Crippen LogP contribution in [0.3, 0.4) is 0 Å². The number of amides is 1. The molecular formula is C8H12IN3O. The lowest BCUT2D eigenvalue weighted by atomic mass is 10.1. The van der Waals surface area contributed by atoms with E-state index in [1.54, 1.807) is 11.8 Å². The average Bonchev–Trinajstić information content (AvgIpc) is 2.04. The third-order valence-electron chi connectivity index (χ3n) is 2.16. The summed E-state index contributed by atoms with van der Waals surface area (Å²) in [6.07, 6.45) is 0.430. The van der Waals surface area contributed by atoms with Gasteiger partial charge in [-0.1, -0.05) is 0 Å². The first-order chi connectivity index (χ1) is 6.15. The fourth-order valence-corrected chi connectivity index (χ4v) is 2.18. The zero-order chi connectivity index (χ0) is 9.84. The Kier molecular flexibility index (Phi) is 3.93. The molecule has 1 atom stereocenters. The van der Waals surface area contributed by atoms with Crippen LogP contribution in [0, 0.1) is 11.3 Å². The summed E-state index contributed by atoms with van der Waals surface area (Å²) >= 11 is 2.23. The van der Waals surface area contributed by atoms with E-state index in [2.05, 4.69) is 32.0 Å². The van der Waals surface area contributed by atoms with Crippen molar-refractivity contribution in [2.75, 3.05) is 19.6 Å². The Bertz CT molecular complexity index is 238. The van der Waals surface area contributed by atoms with Crippen LogP contribution in [0.5, 0.6) is 0 Å².